The highest BCUT2D eigenvalue weighted by Gasteiger charge is 2.36. The highest BCUT2D eigenvalue weighted by Crippen LogP contribution is 2.15. The van der Waals surface area contributed by atoms with Crippen molar-refractivity contribution in [1.82, 2.24) is 20.8 Å². The molecule has 118 valence electrons. The van der Waals surface area contributed by atoms with Crippen LogP contribution in [0.2, 0.25) is 0 Å². The van der Waals surface area contributed by atoms with Gasteiger partial charge in [-0.25, -0.2) is 9.59 Å². The van der Waals surface area contributed by atoms with Gasteiger partial charge in [0.15, 0.2) is 0 Å². The van der Waals surface area contributed by atoms with Crippen molar-refractivity contribution in [2.75, 3.05) is 6.54 Å². The van der Waals surface area contributed by atoms with Crippen LogP contribution in [0.25, 0.3) is 0 Å². The molecular formula is C14H24N4O3. The molecule has 0 unspecified atom stereocenters. The van der Waals surface area contributed by atoms with E-state index in [9.17, 15) is 14.7 Å². The quantitative estimate of drug-likeness (QED) is 0.546. The second-order valence-electron chi connectivity index (χ2n) is 5.10. The predicted molar refractivity (Wildman–Crippen MR) is 79.1 cm³/mol. The molecule has 0 aliphatic carbocycles. The summed E-state index contributed by atoms with van der Waals surface area (Å²) in [5.74, 6) is -1.00. The minimum Gasteiger partial charge on any atom is -0.480 e. The zero-order chi connectivity index (χ0) is 15.9. The van der Waals surface area contributed by atoms with E-state index in [1.807, 2.05) is 6.92 Å². The molecule has 4 N–H and O–H groups in total. The third-order valence-corrected chi connectivity index (χ3v) is 3.81. The fraction of sp³-hybridized carbons (Fsp3) is 0.643. The molecule has 21 heavy (non-hydrogen) atoms. The van der Waals surface area contributed by atoms with Gasteiger partial charge in [0.25, 0.3) is 0 Å². The SMILES string of the molecule is CCC(CC)(NC(=O)NCCCc1cn[nH]c1C)C(=O)O. The van der Waals surface area contributed by atoms with E-state index in [2.05, 4.69) is 20.8 Å². The van der Waals surface area contributed by atoms with E-state index < -0.39 is 17.5 Å². The number of amides is 2. The Morgan fingerprint density at radius 2 is 2.05 bits per heavy atom. The molecule has 0 aromatic carbocycles. The van der Waals surface area contributed by atoms with E-state index in [1.54, 1.807) is 20.0 Å². The summed E-state index contributed by atoms with van der Waals surface area (Å²) in [5, 5.41) is 21.3. The van der Waals surface area contributed by atoms with Gasteiger partial charge in [-0.15, -0.1) is 0 Å². The van der Waals surface area contributed by atoms with Gasteiger partial charge in [-0.3, -0.25) is 5.10 Å². The zero-order valence-electron chi connectivity index (χ0n) is 12.8. The van der Waals surface area contributed by atoms with Crippen LogP contribution in [-0.2, 0) is 11.2 Å². The number of aliphatic carboxylic acids is 1. The van der Waals surface area contributed by atoms with E-state index in [0.29, 0.717) is 19.4 Å². The number of carbonyl (C=O) groups excluding carboxylic acids is 1. The van der Waals surface area contributed by atoms with Crippen LogP contribution in [-0.4, -0.2) is 39.4 Å². The maximum absolute atomic E-state index is 11.8. The van der Waals surface area contributed by atoms with Crippen molar-refractivity contribution in [2.24, 2.45) is 0 Å². The number of rotatable bonds is 8. The fourth-order valence-electron chi connectivity index (χ4n) is 2.15. The Balaban J connectivity index is 2.37. The van der Waals surface area contributed by atoms with Crippen LogP contribution >= 0.6 is 0 Å². The first-order valence-corrected chi connectivity index (χ1v) is 7.23. The Hall–Kier alpha value is -2.05. The van der Waals surface area contributed by atoms with Gasteiger partial charge < -0.3 is 15.7 Å². The Labute approximate surface area is 124 Å². The van der Waals surface area contributed by atoms with Crippen molar-refractivity contribution in [2.45, 2.75) is 52.0 Å². The molecule has 0 aliphatic rings. The van der Waals surface area contributed by atoms with Gasteiger partial charge in [0, 0.05) is 12.2 Å². The zero-order valence-corrected chi connectivity index (χ0v) is 12.8. The number of urea groups is 1. The molecule has 1 aromatic heterocycles. The lowest BCUT2D eigenvalue weighted by Crippen LogP contribution is -2.56. The number of aromatic nitrogens is 2. The van der Waals surface area contributed by atoms with Crippen molar-refractivity contribution in [1.29, 1.82) is 0 Å². The second kappa shape index (κ2) is 7.66. The van der Waals surface area contributed by atoms with Gasteiger partial charge in [-0.2, -0.15) is 5.10 Å². The normalized spacial score (nSPS) is 11.2. The molecule has 7 heteroatoms. The smallest absolute Gasteiger partial charge is 0.329 e. The van der Waals surface area contributed by atoms with Crippen molar-refractivity contribution < 1.29 is 14.7 Å². The van der Waals surface area contributed by atoms with E-state index in [1.165, 1.54) is 0 Å². The van der Waals surface area contributed by atoms with Crippen LogP contribution in [0.4, 0.5) is 4.79 Å². The summed E-state index contributed by atoms with van der Waals surface area (Å²) < 4.78 is 0. The molecule has 1 heterocycles. The number of nitrogens with zero attached hydrogens (tertiary/aromatic N) is 1. The van der Waals surface area contributed by atoms with Gasteiger partial charge in [-0.05, 0) is 38.2 Å². The Morgan fingerprint density at radius 1 is 1.38 bits per heavy atom. The van der Waals surface area contributed by atoms with Crippen molar-refractivity contribution in [3.63, 3.8) is 0 Å². The summed E-state index contributed by atoms with van der Waals surface area (Å²) in [4.78, 5) is 23.1. The molecule has 0 saturated carbocycles. The molecule has 0 bridgehead atoms. The summed E-state index contributed by atoms with van der Waals surface area (Å²) in [6, 6.07) is -0.440. The molecule has 0 atom stereocenters. The molecule has 0 radical (unpaired) electrons. The summed E-state index contributed by atoms with van der Waals surface area (Å²) in [6.07, 6.45) is 4.06. The summed E-state index contributed by atoms with van der Waals surface area (Å²) in [6.45, 7) is 5.94. The fourth-order valence-corrected chi connectivity index (χ4v) is 2.15. The van der Waals surface area contributed by atoms with Crippen molar-refractivity contribution >= 4 is 12.0 Å². The second-order valence-corrected chi connectivity index (χ2v) is 5.10. The summed E-state index contributed by atoms with van der Waals surface area (Å²) in [7, 11) is 0. The minimum absolute atomic E-state index is 0.348. The number of carboxylic acid groups (broad SMARTS) is 1. The first-order valence-electron chi connectivity index (χ1n) is 7.23. The van der Waals surface area contributed by atoms with Gasteiger partial charge in [0.1, 0.15) is 5.54 Å². The Kier molecular flexibility index (Phi) is 6.20. The maximum atomic E-state index is 11.8. The number of H-pyrrole nitrogens is 1. The topological polar surface area (TPSA) is 107 Å². The van der Waals surface area contributed by atoms with E-state index in [4.69, 9.17) is 0 Å². The summed E-state index contributed by atoms with van der Waals surface area (Å²) >= 11 is 0. The number of hydrogen-bond acceptors (Lipinski definition) is 3. The van der Waals surface area contributed by atoms with Crippen molar-refractivity contribution in [3.05, 3.63) is 17.5 Å². The number of carbonyl (C=O) groups is 2. The number of carboxylic acids is 1. The third kappa shape index (κ3) is 4.47. The molecule has 1 aromatic rings. The molecule has 7 nitrogen and oxygen atoms in total. The minimum atomic E-state index is -1.19. The van der Waals surface area contributed by atoms with Crippen LogP contribution in [0.5, 0.6) is 0 Å². The van der Waals surface area contributed by atoms with E-state index >= 15 is 0 Å². The number of hydrogen-bond donors (Lipinski definition) is 4. The van der Waals surface area contributed by atoms with Gasteiger partial charge in [-0.1, -0.05) is 13.8 Å². The number of nitrogens with one attached hydrogen (secondary N) is 3. The lowest BCUT2D eigenvalue weighted by molar-refractivity contribution is -0.144. The number of aromatic amines is 1. The lowest BCUT2D eigenvalue weighted by Gasteiger charge is -2.28. The average molecular weight is 296 g/mol. The highest BCUT2D eigenvalue weighted by molar-refractivity contribution is 5.86. The van der Waals surface area contributed by atoms with Crippen LogP contribution in [0.15, 0.2) is 6.20 Å². The molecule has 0 saturated heterocycles. The van der Waals surface area contributed by atoms with Crippen molar-refractivity contribution in [3.8, 4) is 0 Å². The van der Waals surface area contributed by atoms with Crippen LogP contribution in [0, 0.1) is 6.92 Å². The Bertz CT molecular complexity index is 480. The first-order chi connectivity index (χ1) is 9.95. The first kappa shape index (κ1) is 17.0. The maximum Gasteiger partial charge on any atom is 0.329 e. The molecule has 2 amide bonds. The summed E-state index contributed by atoms with van der Waals surface area (Å²) in [5.41, 5.74) is 0.964. The van der Waals surface area contributed by atoms with Gasteiger partial charge >= 0.3 is 12.0 Å². The van der Waals surface area contributed by atoms with Crippen LogP contribution < -0.4 is 10.6 Å². The molecule has 0 fully saturated rings. The lowest BCUT2D eigenvalue weighted by atomic mass is 9.93. The predicted octanol–water partition coefficient (Wildman–Crippen LogP) is 1.59. The molecular weight excluding hydrogens is 272 g/mol. The average Bonchev–Trinajstić information content (AvgIpc) is 2.86. The molecule has 0 spiro atoms. The van der Waals surface area contributed by atoms with Gasteiger partial charge in [0.05, 0.1) is 6.20 Å². The van der Waals surface area contributed by atoms with E-state index in [0.717, 1.165) is 24.1 Å². The van der Waals surface area contributed by atoms with Crippen LogP contribution in [0.3, 0.4) is 0 Å². The third-order valence-electron chi connectivity index (χ3n) is 3.81. The van der Waals surface area contributed by atoms with E-state index in [-0.39, 0.29) is 0 Å². The monoisotopic (exact) mass is 296 g/mol. The molecule has 0 aliphatic heterocycles. The number of aryl methyl sites for hydroxylation is 2. The molecule has 1 rings (SSSR count). The largest absolute Gasteiger partial charge is 0.480 e. The van der Waals surface area contributed by atoms with Gasteiger partial charge in [0.2, 0.25) is 0 Å². The highest BCUT2D eigenvalue weighted by atomic mass is 16.4. The standard InChI is InChI=1S/C14H24N4O3/c1-4-14(5-2,12(19)20)17-13(21)15-8-6-7-11-9-16-18-10(11)3/h9H,4-8H2,1-3H3,(H,16,18)(H,19,20)(H2,15,17,21). The Morgan fingerprint density at radius 3 is 2.52 bits per heavy atom. The van der Waals surface area contributed by atoms with Crippen LogP contribution in [0.1, 0.15) is 44.4 Å².